The molecule has 1 atom stereocenters. The molecule has 0 aliphatic heterocycles. The van der Waals surface area contributed by atoms with Crippen LogP contribution in [0.5, 0.6) is 0 Å². The molecular formula is C19H19BrFNO3. The smallest absolute Gasteiger partial charge is 0.329 e. The van der Waals surface area contributed by atoms with Crippen LogP contribution < -0.4 is 5.32 Å². The van der Waals surface area contributed by atoms with Crippen LogP contribution in [0.15, 0.2) is 53.0 Å². The van der Waals surface area contributed by atoms with Crippen LogP contribution in [0.2, 0.25) is 0 Å². The van der Waals surface area contributed by atoms with E-state index in [0.29, 0.717) is 0 Å². The molecule has 2 rings (SSSR count). The van der Waals surface area contributed by atoms with Crippen LogP contribution in [-0.4, -0.2) is 17.9 Å². The third-order valence-corrected chi connectivity index (χ3v) is 4.15. The van der Waals surface area contributed by atoms with Crippen LogP contribution in [-0.2, 0) is 16.1 Å². The van der Waals surface area contributed by atoms with Crippen molar-refractivity contribution in [1.82, 2.24) is 5.32 Å². The van der Waals surface area contributed by atoms with Crippen molar-refractivity contribution < 1.29 is 18.7 Å². The van der Waals surface area contributed by atoms with E-state index in [4.69, 9.17) is 4.74 Å². The average Bonchev–Trinajstić information content (AvgIpc) is 2.58. The largest absolute Gasteiger partial charge is 0.459 e. The molecule has 0 heterocycles. The van der Waals surface area contributed by atoms with Gasteiger partial charge in [-0.3, -0.25) is 4.79 Å². The Morgan fingerprint density at radius 3 is 2.36 bits per heavy atom. The van der Waals surface area contributed by atoms with E-state index >= 15 is 0 Å². The van der Waals surface area contributed by atoms with Gasteiger partial charge in [0.15, 0.2) is 0 Å². The molecular weight excluding hydrogens is 389 g/mol. The number of esters is 1. The van der Waals surface area contributed by atoms with Gasteiger partial charge in [0.05, 0.1) is 5.56 Å². The zero-order valence-corrected chi connectivity index (χ0v) is 15.5. The van der Waals surface area contributed by atoms with Gasteiger partial charge in [0.1, 0.15) is 18.5 Å². The number of ether oxygens (including phenoxy) is 1. The Balaban J connectivity index is 2.01. The van der Waals surface area contributed by atoms with E-state index in [1.807, 2.05) is 24.3 Å². The number of halogens is 2. The summed E-state index contributed by atoms with van der Waals surface area (Å²) in [5, 5.41) is 2.56. The van der Waals surface area contributed by atoms with Gasteiger partial charge in [0.2, 0.25) is 0 Å². The molecule has 0 spiro atoms. The molecule has 2 aromatic rings. The van der Waals surface area contributed by atoms with E-state index < -0.39 is 23.7 Å². The maximum atomic E-state index is 13.7. The maximum absolute atomic E-state index is 13.7. The number of carbonyl (C=O) groups excluding carboxylic acids is 2. The monoisotopic (exact) mass is 407 g/mol. The number of hydrogen-bond acceptors (Lipinski definition) is 3. The summed E-state index contributed by atoms with van der Waals surface area (Å²) in [5.41, 5.74) is 0.730. The SMILES string of the molecule is CC(C)[C@H](NC(=O)c1ccccc1F)C(=O)OCc1ccc(Br)cc1. The van der Waals surface area contributed by atoms with E-state index in [-0.39, 0.29) is 18.1 Å². The second-order valence-corrected chi connectivity index (χ2v) is 6.82. The van der Waals surface area contributed by atoms with Gasteiger partial charge < -0.3 is 10.1 Å². The molecule has 25 heavy (non-hydrogen) atoms. The Hall–Kier alpha value is -2.21. The Morgan fingerprint density at radius 2 is 1.76 bits per heavy atom. The minimum atomic E-state index is -0.859. The highest BCUT2D eigenvalue weighted by molar-refractivity contribution is 9.10. The predicted octanol–water partition coefficient (Wildman–Crippen LogP) is 4.09. The number of rotatable bonds is 6. The zero-order chi connectivity index (χ0) is 18.4. The van der Waals surface area contributed by atoms with Crippen molar-refractivity contribution >= 4 is 27.8 Å². The van der Waals surface area contributed by atoms with Crippen LogP contribution in [0.4, 0.5) is 4.39 Å². The van der Waals surface area contributed by atoms with E-state index in [9.17, 15) is 14.0 Å². The van der Waals surface area contributed by atoms with Crippen molar-refractivity contribution in [3.8, 4) is 0 Å². The van der Waals surface area contributed by atoms with E-state index in [1.54, 1.807) is 19.9 Å². The molecule has 132 valence electrons. The van der Waals surface area contributed by atoms with Crippen LogP contribution in [0.25, 0.3) is 0 Å². The minimum Gasteiger partial charge on any atom is -0.459 e. The summed E-state index contributed by atoms with van der Waals surface area (Å²) in [6.45, 7) is 3.67. The standard InChI is InChI=1S/C19H19BrFNO3/c1-12(2)17(22-18(23)15-5-3-4-6-16(15)21)19(24)25-11-13-7-9-14(20)10-8-13/h3-10,12,17H,11H2,1-2H3,(H,22,23)/t17-/m0/s1. The normalized spacial score (nSPS) is 11.9. The zero-order valence-electron chi connectivity index (χ0n) is 14.0. The Kier molecular flexibility index (Phi) is 6.70. The first-order valence-corrected chi connectivity index (χ1v) is 8.64. The third-order valence-electron chi connectivity index (χ3n) is 3.62. The summed E-state index contributed by atoms with van der Waals surface area (Å²) in [6.07, 6.45) is 0. The quantitative estimate of drug-likeness (QED) is 0.733. The van der Waals surface area contributed by atoms with Crippen molar-refractivity contribution in [2.24, 2.45) is 5.92 Å². The molecule has 0 fully saturated rings. The van der Waals surface area contributed by atoms with Crippen LogP contribution in [0.3, 0.4) is 0 Å². The molecule has 1 N–H and O–H groups in total. The predicted molar refractivity (Wildman–Crippen MR) is 96.4 cm³/mol. The van der Waals surface area contributed by atoms with Gasteiger partial charge in [-0.05, 0) is 35.7 Å². The molecule has 0 saturated heterocycles. The summed E-state index contributed by atoms with van der Waals surface area (Å²) in [4.78, 5) is 24.6. The lowest BCUT2D eigenvalue weighted by Gasteiger charge is -2.21. The molecule has 0 radical (unpaired) electrons. The number of benzene rings is 2. The number of carbonyl (C=O) groups is 2. The summed E-state index contributed by atoms with van der Waals surface area (Å²) in [6, 6.07) is 12.1. The maximum Gasteiger partial charge on any atom is 0.329 e. The molecule has 4 nitrogen and oxygen atoms in total. The molecule has 0 saturated carbocycles. The topological polar surface area (TPSA) is 55.4 Å². The number of amides is 1. The van der Waals surface area contributed by atoms with Gasteiger partial charge in [-0.2, -0.15) is 0 Å². The van der Waals surface area contributed by atoms with Crippen molar-refractivity contribution in [3.63, 3.8) is 0 Å². The first-order chi connectivity index (χ1) is 11.9. The van der Waals surface area contributed by atoms with Gasteiger partial charge in [0.25, 0.3) is 5.91 Å². The van der Waals surface area contributed by atoms with Crippen molar-refractivity contribution in [1.29, 1.82) is 0 Å². The fourth-order valence-corrected chi connectivity index (χ4v) is 2.45. The summed E-state index contributed by atoms with van der Waals surface area (Å²) in [7, 11) is 0. The second-order valence-electron chi connectivity index (χ2n) is 5.91. The Bertz CT molecular complexity index is 747. The summed E-state index contributed by atoms with van der Waals surface area (Å²) in [5.74, 6) is -2.03. The van der Waals surface area contributed by atoms with Crippen LogP contribution >= 0.6 is 15.9 Å². The molecule has 0 aromatic heterocycles. The van der Waals surface area contributed by atoms with Crippen molar-refractivity contribution in [3.05, 3.63) is 69.9 Å². The Morgan fingerprint density at radius 1 is 1.12 bits per heavy atom. The van der Waals surface area contributed by atoms with E-state index in [2.05, 4.69) is 21.2 Å². The number of hydrogen-bond donors (Lipinski definition) is 1. The van der Waals surface area contributed by atoms with E-state index in [1.165, 1.54) is 18.2 Å². The third kappa shape index (κ3) is 5.39. The highest BCUT2D eigenvalue weighted by Gasteiger charge is 2.27. The fourth-order valence-electron chi connectivity index (χ4n) is 2.19. The lowest BCUT2D eigenvalue weighted by atomic mass is 10.0. The Labute approximate surface area is 154 Å². The highest BCUT2D eigenvalue weighted by Crippen LogP contribution is 2.13. The summed E-state index contributed by atoms with van der Waals surface area (Å²) >= 11 is 3.34. The molecule has 0 aliphatic carbocycles. The van der Waals surface area contributed by atoms with Gasteiger partial charge in [0, 0.05) is 4.47 Å². The van der Waals surface area contributed by atoms with Gasteiger partial charge in [-0.15, -0.1) is 0 Å². The van der Waals surface area contributed by atoms with Gasteiger partial charge in [-0.1, -0.05) is 54.0 Å². The molecule has 0 aliphatic rings. The first-order valence-electron chi connectivity index (χ1n) is 7.85. The molecule has 0 unspecified atom stereocenters. The fraction of sp³-hybridized carbons (Fsp3) is 0.263. The minimum absolute atomic E-state index is 0.102. The van der Waals surface area contributed by atoms with Crippen molar-refractivity contribution in [2.75, 3.05) is 0 Å². The first kappa shape index (κ1) is 19.1. The number of nitrogens with one attached hydrogen (secondary N) is 1. The second kappa shape index (κ2) is 8.76. The molecule has 1 amide bonds. The van der Waals surface area contributed by atoms with Crippen molar-refractivity contribution in [2.45, 2.75) is 26.5 Å². The molecule has 6 heteroatoms. The van der Waals surface area contributed by atoms with E-state index in [0.717, 1.165) is 10.0 Å². The summed E-state index contributed by atoms with van der Waals surface area (Å²) < 4.78 is 19.9. The lowest BCUT2D eigenvalue weighted by molar-refractivity contribution is -0.148. The van der Waals surface area contributed by atoms with Gasteiger partial charge in [-0.25, -0.2) is 9.18 Å². The molecule has 2 aromatic carbocycles. The van der Waals surface area contributed by atoms with Gasteiger partial charge >= 0.3 is 5.97 Å². The average molecular weight is 408 g/mol. The highest BCUT2D eigenvalue weighted by atomic mass is 79.9. The lowest BCUT2D eigenvalue weighted by Crippen LogP contribution is -2.45. The van der Waals surface area contributed by atoms with Crippen LogP contribution in [0.1, 0.15) is 29.8 Å². The van der Waals surface area contributed by atoms with Crippen LogP contribution in [0, 0.1) is 11.7 Å². The molecule has 0 bridgehead atoms.